The SMILES string of the molecule is COc1cc2ccccc2cc1C(=O)Nc1nnc(SCC(=O)Nc2cc(C)ccc2C)s1. The van der Waals surface area contributed by atoms with Crippen molar-refractivity contribution in [3.8, 4) is 5.75 Å². The summed E-state index contributed by atoms with van der Waals surface area (Å²) in [7, 11) is 1.53. The molecule has 0 aliphatic carbocycles. The molecule has 4 aromatic rings. The maximum absolute atomic E-state index is 12.9. The predicted octanol–water partition coefficient (Wildman–Crippen LogP) is 5.30. The maximum atomic E-state index is 12.9. The van der Waals surface area contributed by atoms with E-state index in [2.05, 4.69) is 20.8 Å². The van der Waals surface area contributed by atoms with E-state index in [1.165, 1.54) is 30.2 Å². The summed E-state index contributed by atoms with van der Waals surface area (Å²) in [6.07, 6.45) is 0. The van der Waals surface area contributed by atoms with Gasteiger partial charge in [0.25, 0.3) is 5.91 Å². The molecule has 0 saturated carbocycles. The zero-order valence-electron chi connectivity index (χ0n) is 18.3. The van der Waals surface area contributed by atoms with Gasteiger partial charge in [0.2, 0.25) is 11.0 Å². The van der Waals surface area contributed by atoms with E-state index < -0.39 is 0 Å². The molecule has 0 unspecified atom stereocenters. The molecule has 0 bridgehead atoms. The van der Waals surface area contributed by atoms with Crippen LogP contribution in [-0.4, -0.2) is 34.9 Å². The molecule has 9 heteroatoms. The van der Waals surface area contributed by atoms with Crippen LogP contribution in [0.4, 0.5) is 10.8 Å². The first kappa shape index (κ1) is 22.8. The van der Waals surface area contributed by atoms with Gasteiger partial charge in [0.1, 0.15) is 5.75 Å². The van der Waals surface area contributed by atoms with E-state index >= 15 is 0 Å². The second-order valence-corrected chi connectivity index (χ2v) is 9.58. The largest absolute Gasteiger partial charge is 0.496 e. The van der Waals surface area contributed by atoms with E-state index in [9.17, 15) is 9.59 Å². The molecule has 2 N–H and O–H groups in total. The number of nitrogens with zero attached hydrogens (tertiary/aromatic N) is 2. The van der Waals surface area contributed by atoms with Crippen molar-refractivity contribution in [2.45, 2.75) is 18.2 Å². The van der Waals surface area contributed by atoms with Crippen molar-refractivity contribution in [1.82, 2.24) is 10.2 Å². The number of anilines is 2. The summed E-state index contributed by atoms with van der Waals surface area (Å²) < 4.78 is 5.99. The van der Waals surface area contributed by atoms with Crippen LogP contribution in [-0.2, 0) is 4.79 Å². The van der Waals surface area contributed by atoms with Gasteiger partial charge < -0.3 is 10.1 Å². The molecule has 0 atom stereocenters. The molecule has 0 spiro atoms. The smallest absolute Gasteiger partial charge is 0.261 e. The van der Waals surface area contributed by atoms with Crippen LogP contribution in [0.15, 0.2) is 58.9 Å². The van der Waals surface area contributed by atoms with Gasteiger partial charge in [0.05, 0.1) is 18.4 Å². The van der Waals surface area contributed by atoms with Crippen LogP contribution in [0, 0.1) is 13.8 Å². The number of ether oxygens (including phenoxy) is 1. The standard InChI is InChI=1S/C24H22N4O3S2/c1-14-8-9-15(2)19(10-14)25-21(29)13-32-24-28-27-23(33-24)26-22(30)18-11-16-6-4-5-7-17(16)12-20(18)31-3/h4-12H,13H2,1-3H3,(H,25,29)(H,26,27,30). The Kier molecular flexibility index (Phi) is 6.90. The van der Waals surface area contributed by atoms with Gasteiger partial charge in [0, 0.05) is 5.69 Å². The van der Waals surface area contributed by atoms with Crippen molar-refractivity contribution in [1.29, 1.82) is 0 Å². The molecule has 7 nitrogen and oxygen atoms in total. The maximum Gasteiger partial charge on any atom is 0.261 e. The highest BCUT2D eigenvalue weighted by Gasteiger charge is 2.17. The van der Waals surface area contributed by atoms with Crippen LogP contribution in [0.1, 0.15) is 21.5 Å². The number of aromatic nitrogens is 2. The number of rotatable bonds is 7. The third-order valence-electron chi connectivity index (χ3n) is 4.93. The molecule has 0 radical (unpaired) electrons. The van der Waals surface area contributed by atoms with Crippen molar-refractivity contribution < 1.29 is 14.3 Å². The summed E-state index contributed by atoms with van der Waals surface area (Å²) >= 11 is 2.48. The van der Waals surface area contributed by atoms with Crippen molar-refractivity contribution in [2.24, 2.45) is 0 Å². The first-order chi connectivity index (χ1) is 15.9. The molecule has 1 aromatic heterocycles. The summed E-state index contributed by atoms with van der Waals surface area (Å²) in [6, 6.07) is 17.3. The highest BCUT2D eigenvalue weighted by Crippen LogP contribution is 2.29. The van der Waals surface area contributed by atoms with Crippen molar-refractivity contribution in [2.75, 3.05) is 23.5 Å². The molecule has 0 fully saturated rings. The zero-order valence-corrected chi connectivity index (χ0v) is 20.0. The molecular weight excluding hydrogens is 456 g/mol. The number of amides is 2. The highest BCUT2D eigenvalue weighted by atomic mass is 32.2. The number of carbonyl (C=O) groups excluding carboxylic acids is 2. The first-order valence-corrected chi connectivity index (χ1v) is 11.9. The topological polar surface area (TPSA) is 93.2 Å². The number of benzene rings is 3. The third-order valence-corrected chi connectivity index (χ3v) is 6.91. The highest BCUT2D eigenvalue weighted by molar-refractivity contribution is 8.01. The fourth-order valence-corrected chi connectivity index (χ4v) is 4.78. The van der Waals surface area contributed by atoms with E-state index in [4.69, 9.17) is 4.74 Å². The average Bonchev–Trinajstić information content (AvgIpc) is 3.26. The van der Waals surface area contributed by atoms with Gasteiger partial charge in [-0.15, -0.1) is 10.2 Å². The molecule has 3 aromatic carbocycles. The predicted molar refractivity (Wildman–Crippen MR) is 134 cm³/mol. The third kappa shape index (κ3) is 5.50. The van der Waals surface area contributed by atoms with Gasteiger partial charge in [-0.05, 0) is 53.9 Å². The molecule has 0 aliphatic heterocycles. The molecule has 4 rings (SSSR count). The second-order valence-electron chi connectivity index (χ2n) is 7.38. The molecule has 168 valence electrons. The Morgan fingerprint density at radius 2 is 1.76 bits per heavy atom. The summed E-state index contributed by atoms with van der Waals surface area (Å²) in [4.78, 5) is 25.2. The normalized spacial score (nSPS) is 10.8. The molecule has 0 aliphatic rings. The van der Waals surface area contributed by atoms with Crippen LogP contribution in [0.3, 0.4) is 0 Å². The summed E-state index contributed by atoms with van der Waals surface area (Å²) in [5.74, 6) is 0.204. The fourth-order valence-electron chi connectivity index (χ4n) is 3.23. The minimum absolute atomic E-state index is 0.129. The van der Waals surface area contributed by atoms with E-state index in [1.54, 1.807) is 6.07 Å². The van der Waals surface area contributed by atoms with E-state index in [1.807, 2.05) is 62.4 Å². The molecule has 2 amide bonds. The Hall–Kier alpha value is -3.43. The lowest BCUT2D eigenvalue weighted by atomic mass is 10.1. The van der Waals surface area contributed by atoms with Crippen LogP contribution in [0.25, 0.3) is 10.8 Å². The fraction of sp³-hybridized carbons (Fsp3) is 0.167. The number of hydrogen-bond acceptors (Lipinski definition) is 7. The Balaban J connectivity index is 1.38. The van der Waals surface area contributed by atoms with Crippen LogP contribution in [0.5, 0.6) is 5.75 Å². The first-order valence-electron chi connectivity index (χ1n) is 10.1. The number of carbonyl (C=O) groups is 2. The Bertz CT molecular complexity index is 1340. The van der Waals surface area contributed by atoms with Crippen molar-refractivity contribution in [3.05, 3.63) is 71.3 Å². The monoisotopic (exact) mass is 478 g/mol. The van der Waals surface area contributed by atoms with E-state index in [-0.39, 0.29) is 17.6 Å². The molecule has 1 heterocycles. The number of fused-ring (bicyclic) bond motifs is 1. The Morgan fingerprint density at radius 3 is 2.52 bits per heavy atom. The Morgan fingerprint density at radius 1 is 1.00 bits per heavy atom. The van der Waals surface area contributed by atoms with Crippen molar-refractivity contribution >= 4 is 56.5 Å². The van der Waals surface area contributed by atoms with Gasteiger partial charge in [-0.3, -0.25) is 14.9 Å². The zero-order chi connectivity index (χ0) is 23.4. The number of hydrogen-bond donors (Lipinski definition) is 2. The lowest BCUT2D eigenvalue weighted by Crippen LogP contribution is -2.14. The molecule has 0 saturated heterocycles. The lowest BCUT2D eigenvalue weighted by molar-refractivity contribution is -0.113. The minimum Gasteiger partial charge on any atom is -0.496 e. The minimum atomic E-state index is -0.335. The summed E-state index contributed by atoms with van der Waals surface area (Å²) in [5, 5.41) is 16.1. The summed E-state index contributed by atoms with van der Waals surface area (Å²) in [5.41, 5.74) is 3.30. The lowest BCUT2D eigenvalue weighted by Gasteiger charge is -2.09. The van der Waals surface area contributed by atoms with Crippen LogP contribution < -0.4 is 15.4 Å². The number of nitrogens with one attached hydrogen (secondary N) is 2. The molecular formula is C24H22N4O3S2. The summed E-state index contributed by atoms with van der Waals surface area (Å²) in [6.45, 7) is 3.93. The van der Waals surface area contributed by atoms with Gasteiger partial charge in [0.15, 0.2) is 4.34 Å². The van der Waals surface area contributed by atoms with E-state index in [0.717, 1.165) is 27.6 Å². The van der Waals surface area contributed by atoms with Gasteiger partial charge in [-0.1, -0.05) is 59.5 Å². The van der Waals surface area contributed by atoms with Gasteiger partial charge in [-0.2, -0.15) is 0 Å². The van der Waals surface area contributed by atoms with Gasteiger partial charge in [-0.25, -0.2) is 0 Å². The number of methoxy groups -OCH3 is 1. The average molecular weight is 479 g/mol. The Labute approximate surface area is 199 Å². The van der Waals surface area contributed by atoms with Crippen molar-refractivity contribution in [3.63, 3.8) is 0 Å². The second kappa shape index (κ2) is 10.0. The quantitative estimate of drug-likeness (QED) is 0.277. The van der Waals surface area contributed by atoms with Gasteiger partial charge >= 0.3 is 0 Å². The van der Waals surface area contributed by atoms with Crippen LogP contribution in [0.2, 0.25) is 0 Å². The number of aryl methyl sites for hydroxylation is 2. The van der Waals surface area contributed by atoms with E-state index in [0.29, 0.717) is 20.8 Å². The molecule has 33 heavy (non-hydrogen) atoms. The van der Waals surface area contributed by atoms with Crippen LogP contribution >= 0.6 is 23.1 Å². The number of thioether (sulfide) groups is 1.